The molecule has 1 fully saturated rings. The van der Waals surface area contributed by atoms with Crippen LogP contribution in [0.3, 0.4) is 0 Å². The normalized spacial score (nSPS) is 15.9. The Morgan fingerprint density at radius 1 is 1.11 bits per heavy atom. The average molecular weight is 530 g/mol. The summed E-state index contributed by atoms with van der Waals surface area (Å²) >= 11 is 0. The third-order valence-electron chi connectivity index (χ3n) is 6.95. The zero-order valence-corrected chi connectivity index (χ0v) is 22.9. The van der Waals surface area contributed by atoms with E-state index in [0.717, 1.165) is 69.1 Å². The van der Waals surface area contributed by atoms with Gasteiger partial charge in [-0.2, -0.15) is 4.98 Å². The molecule has 1 aromatic carbocycles. The number of nitrogens with two attached hydrogens (primary N) is 1. The van der Waals surface area contributed by atoms with E-state index < -0.39 is 8.25 Å². The summed E-state index contributed by atoms with van der Waals surface area (Å²) in [7, 11) is -2.83. The van der Waals surface area contributed by atoms with Crippen molar-refractivity contribution < 1.29 is 14.0 Å². The number of benzene rings is 1. The number of nitrogen functional groups attached to an aromatic ring is 1. The van der Waals surface area contributed by atoms with Crippen LogP contribution in [0, 0.1) is 6.92 Å². The molecule has 4 rings (SSSR count). The van der Waals surface area contributed by atoms with Crippen molar-refractivity contribution in [3.05, 3.63) is 47.2 Å². The van der Waals surface area contributed by atoms with Gasteiger partial charge in [0.1, 0.15) is 5.52 Å². The number of piperazine rings is 1. The van der Waals surface area contributed by atoms with Crippen LogP contribution < -0.4 is 11.1 Å². The highest BCUT2D eigenvalue weighted by Crippen LogP contribution is 2.25. The van der Waals surface area contributed by atoms with Crippen LogP contribution in [-0.4, -0.2) is 75.1 Å². The molecule has 3 aromatic rings. The van der Waals surface area contributed by atoms with Gasteiger partial charge in [0.25, 0.3) is 0 Å². The lowest BCUT2D eigenvalue weighted by molar-refractivity contribution is 0.111. The molecule has 1 unspecified atom stereocenters. The number of unbranched alkanes of at least 4 members (excludes halogenated alkanes) is 2. The zero-order chi connectivity index (χ0) is 26.2. The minimum atomic E-state index is -2.83. The number of nitrogens with one attached hydrogen (secondary N) is 1. The molecule has 1 atom stereocenters. The molecule has 0 radical (unpaired) electrons. The smallest absolute Gasteiger partial charge is 0.316 e. The summed E-state index contributed by atoms with van der Waals surface area (Å²) in [5.74, 6) is 1.09. The first-order valence-electron chi connectivity index (χ1n) is 13.2. The Bertz CT molecular complexity index is 1190. The predicted octanol–water partition coefficient (Wildman–Crippen LogP) is 3.49. The minimum Gasteiger partial charge on any atom is -0.368 e. The Balaban J connectivity index is 1.37. The van der Waals surface area contributed by atoms with Crippen LogP contribution in [0.15, 0.2) is 30.5 Å². The monoisotopic (exact) mass is 529 g/mol. The molecular weight excluding hydrogens is 489 g/mol. The van der Waals surface area contributed by atoms with Crippen LogP contribution >= 0.6 is 8.25 Å². The Morgan fingerprint density at radius 2 is 1.89 bits per heavy atom. The largest absolute Gasteiger partial charge is 0.368 e. The molecule has 1 aliphatic rings. The van der Waals surface area contributed by atoms with Crippen molar-refractivity contribution in [2.24, 2.45) is 0 Å². The summed E-state index contributed by atoms with van der Waals surface area (Å²) in [5, 5.41) is 3.47. The molecule has 0 aliphatic carbocycles. The van der Waals surface area contributed by atoms with Crippen LogP contribution in [-0.2, 0) is 22.2 Å². The van der Waals surface area contributed by atoms with Crippen LogP contribution in [0.5, 0.6) is 0 Å². The van der Waals surface area contributed by atoms with Crippen LogP contribution in [0.2, 0.25) is 0 Å². The number of nitrogens with zero attached hydrogens (tertiary/aromatic N) is 5. The summed E-state index contributed by atoms with van der Waals surface area (Å²) in [5.41, 5.74) is 11.7. The molecule has 0 amide bonds. The van der Waals surface area contributed by atoms with E-state index in [0.29, 0.717) is 19.1 Å². The average Bonchev–Trinajstić information content (AvgIpc) is 3.26. The third-order valence-corrected chi connectivity index (χ3v) is 7.40. The topological polar surface area (TPSA) is 122 Å². The number of anilines is 2. The summed E-state index contributed by atoms with van der Waals surface area (Å²) in [6.07, 6.45) is 5.52. The molecule has 3 heterocycles. The quantitative estimate of drug-likeness (QED) is 0.226. The van der Waals surface area contributed by atoms with Gasteiger partial charge >= 0.3 is 8.25 Å². The Hall–Kier alpha value is -2.49. The van der Waals surface area contributed by atoms with Crippen molar-refractivity contribution in [2.45, 2.75) is 46.2 Å². The maximum atomic E-state index is 10.7. The molecular formula is C26H40N7O3P. The van der Waals surface area contributed by atoms with Crippen molar-refractivity contribution in [3.8, 4) is 0 Å². The second kappa shape index (κ2) is 13.3. The van der Waals surface area contributed by atoms with Gasteiger partial charge in [-0.25, -0.2) is 4.98 Å². The van der Waals surface area contributed by atoms with Crippen LogP contribution in [0.1, 0.15) is 42.9 Å². The van der Waals surface area contributed by atoms with E-state index in [1.165, 1.54) is 29.5 Å². The van der Waals surface area contributed by atoms with E-state index in [1.54, 1.807) is 0 Å². The first kappa shape index (κ1) is 27.5. The molecule has 202 valence electrons. The minimum absolute atomic E-state index is 0.292. The lowest BCUT2D eigenvalue weighted by Crippen LogP contribution is -2.46. The lowest BCUT2D eigenvalue weighted by Gasteiger charge is -2.34. The van der Waals surface area contributed by atoms with Crippen LogP contribution in [0.25, 0.3) is 11.0 Å². The predicted molar refractivity (Wildman–Crippen MR) is 149 cm³/mol. The fraction of sp³-hybridized carbons (Fsp3) is 0.538. The second-order valence-corrected chi connectivity index (χ2v) is 10.6. The van der Waals surface area contributed by atoms with Crippen molar-refractivity contribution in [2.75, 3.05) is 56.9 Å². The molecule has 1 aliphatic heterocycles. The first-order valence-corrected chi connectivity index (χ1v) is 14.4. The van der Waals surface area contributed by atoms with Gasteiger partial charge in [-0.05, 0) is 36.1 Å². The standard InChI is InChI=1S/C26H40N7O3P/c1-3-4-5-9-28-25-24-23(29-26(27)30-25)8-10-33(24)19-22-7-6-21(17-20(22)2)18-32-13-11-31(12-14-32)15-16-36-37(34)35/h6-8,10,17,37H,3-5,9,11-16,18-19H2,1-2H3,(H,34,35)(H3,27,28,29,30). The van der Waals surface area contributed by atoms with Crippen molar-refractivity contribution in [1.82, 2.24) is 24.3 Å². The van der Waals surface area contributed by atoms with E-state index in [-0.39, 0.29) is 0 Å². The van der Waals surface area contributed by atoms with Gasteiger partial charge in [-0.3, -0.25) is 14.4 Å². The number of aromatic nitrogens is 3. The second-order valence-electron chi connectivity index (χ2n) is 9.73. The zero-order valence-electron chi connectivity index (χ0n) is 21.9. The first-order chi connectivity index (χ1) is 17.9. The van der Waals surface area contributed by atoms with Crippen molar-refractivity contribution >= 4 is 31.1 Å². The van der Waals surface area contributed by atoms with Crippen molar-refractivity contribution in [3.63, 3.8) is 0 Å². The number of aryl methyl sites for hydroxylation is 1. The highest BCUT2D eigenvalue weighted by Gasteiger charge is 2.17. The fourth-order valence-corrected chi connectivity index (χ4v) is 5.14. The third kappa shape index (κ3) is 7.75. The van der Waals surface area contributed by atoms with Crippen LogP contribution in [0.4, 0.5) is 11.8 Å². The van der Waals surface area contributed by atoms with E-state index in [4.69, 9.17) is 15.2 Å². The Morgan fingerprint density at radius 3 is 2.62 bits per heavy atom. The lowest BCUT2D eigenvalue weighted by atomic mass is 10.0. The van der Waals surface area contributed by atoms with Gasteiger partial charge in [-0.1, -0.05) is 38.0 Å². The molecule has 0 bridgehead atoms. The number of fused-ring (bicyclic) bond motifs is 1. The molecule has 2 aromatic heterocycles. The summed E-state index contributed by atoms with van der Waals surface area (Å²) < 4.78 is 17.7. The Labute approximate surface area is 219 Å². The van der Waals surface area contributed by atoms with E-state index in [1.807, 2.05) is 6.07 Å². The SMILES string of the molecule is CCCCCNc1nc(N)nc2ccn(Cc3ccc(CN4CCN(CCO[PH](=O)O)CC4)cc3C)c12. The maximum absolute atomic E-state index is 10.7. The highest BCUT2D eigenvalue weighted by atomic mass is 31.1. The van der Waals surface area contributed by atoms with Gasteiger partial charge in [-0.15, -0.1) is 0 Å². The van der Waals surface area contributed by atoms with E-state index in [2.05, 4.69) is 67.9 Å². The van der Waals surface area contributed by atoms with E-state index >= 15 is 0 Å². The van der Waals surface area contributed by atoms with Crippen molar-refractivity contribution in [1.29, 1.82) is 0 Å². The number of rotatable bonds is 13. The maximum Gasteiger partial charge on any atom is 0.316 e. The molecule has 0 saturated carbocycles. The number of hydrogen-bond acceptors (Lipinski definition) is 8. The number of hydrogen-bond donors (Lipinski definition) is 3. The molecule has 0 spiro atoms. The fourth-order valence-electron chi connectivity index (χ4n) is 4.87. The van der Waals surface area contributed by atoms with E-state index in [9.17, 15) is 4.57 Å². The summed E-state index contributed by atoms with van der Waals surface area (Å²) in [6.45, 7) is 11.7. The summed E-state index contributed by atoms with van der Waals surface area (Å²) in [4.78, 5) is 22.5. The van der Waals surface area contributed by atoms with Gasteiger partial charge < -0.3 is 25.0 Å². The molecule has 37 heavy (non-hydrogen) atoms. The van der Waals surface area contributed by atoms with Gasteiger partial charge in [0.05, 0.1) is 12.1 Å². The van der Waals surface area contributed by atoms with Gasteiger partial charge in [0.15, 0.2) is 5.82 Å². The van der Waals surface area contributed by atoms with Gasteiger partial charge in [0, 0.05) is 58.6 Å². The molecule has 11 heteroatoms. The summed E-state index contributed by atoms with van der Waals surface area (Å²) in [6, 6.07) is 8.75. The molecule has 1 saturated heterocycles. The molecule has 4 N–H and O–H groups in total. The molecule has 10 nitrogen and oxygen atoms in total. The Kier molecular flexibility index (Phi) is 9.94. The highest BCUT2D eigenvalue weighted by molar-refractivity contribution is 7.32. The van der Waals surface area contributed by atoms with Gasteiger partial charge in [0.2, 0.25) is 5.95 Å².